The van der Waals surface area contributed by atoms with E-state index >= 15 is 4.39 Å². The molecule has 0 spiro atoms. The molecule has 240 valence electrons. The van der Waals surface area contributed by atoms with Crippen LogP contribution in [0.2, 0.25) is 0 Å². The van der Waals surface area contributed by atoms with Crippen molar-refractivity contribution in [2.24, 2.45) is 0 Å². The van der Waals surface area contributed by atoms with Gasteiger partial charge in [0.05, 0.1) is 38.6 Å². The van der Waals surface area contributed by atoms with Crippen molar-refractivity contribution in [1.29, 1.82) is 0 Å². The quantitative estimate of drug-likeness (QED) is 0.0927. The van der Waals surface area contributed by atoms with Gasteiger partial charge in [0.2, 0.25) is 5.95 Å². The maximum Gasteiger partial charge on any atom is 0.325 e. The fraction of sp³-hybridized carbons (Fsp3) is 0.545. The second-order valence-electron chi connectivity index (χ2n) is 9.68. The SMILES string of the molecule is CO[C@H](CO)[C@@H](OC(C)COP(O)(=S)O[C@@H]1[C@@H](F)[C@@H](CO)O[C@H]1n1cnc2c(=O)[nH]c(N)nc21)n1cnc2c(N)ncnc21. The number of hydrogen-bond acceptors (Lipinski definition) is 16. The highest BCUT2D eigenvalue weighted by Crippen LogP contribution is 2.50. The molecule has 0 aromatic carbocycles. The number of anilines is 2. The molecule has 1 fully saturated rings. The Bertz CT molecular complexity index is 1720. The number of H-pyrrole nitrogens is 1. The van der Waals surface area contributed by atoms with Gasteiger partial charge in [-0.15, -0.1) is 0 Å². The summed E-state index contributed by atoms with van der Waals surface area (Å²) in [7, 11) is 1.37. The summed E-state index contributed by atoms with van der Waals surface area (Å²) in [5, 5.41) is 19.6. The molecule has 19 nitrogen and oxygen atoms in total. The van der Waals surface area contributed by atoms with Crippen molar-refractivity contribution in [2.75, 3.05) is 38.4 Å². The predicted molar refractivity (Wildman–Crippen MR) is 153 cm³/mol. The number of aliphatic hydroxyl groups is 2. The monoisotopic (exact) mass is 660 g/mol. The molecule has 1 aliphatic heterocycles. The Kier molecular flexibility index (Phi) is 9.51. The van der Waals surface area contributed by atoms with Crippen LogP contribution in [-0.4, -0.2) is 112 Å². The van der Waals surface area contributed by atoms with Gasteiger partial charge in [0.15, 0.2) is 41.3 Å². The first-order chi connectivity index (χ1) is 21.0. The summed E-state index contributed by atoms with van der Waals surface area (Å²) in [6, 6.07) is 0. The van der Waals surface area contributed by atoms with Crippen molar-refractivity contribution in [3.8, 4) is 0 Å². The van der Waals surface area contributed by atoms with Gasteiger partial charge in [-0.3, -0.25) is 23.4 Å². The second kappa shape index (κ2) is 13.0. The van der Waals surface area contributed by atoms with E-state index in [1.165, 1.54) is 28.9 Å². The highest BCUT2D eigenvalue weighted by molar-refractivity contribution is 8.07. The summed E-state index contributed by atoms with van der Waals surface area (Å²) in [5.41, 5.74) is 11.4. The number of ether oxygens (including phenoxy) is 3. The Morgan fingerprint density at radius 1 is 1.20 bits per heavy atom. The number of methoxy groups -OCH3 is 1. The summed E-state index contributed by atoms with van der Waals surface area (Å²) in [4.78, 5) is 45.8. The number of nitrogens with zero attached hydrogens (tertiary/aromatic N) is 7. The van der Waals surface area contributed by atoms with E-state index in [-0.39, 0.29) is 29.5 Å². The van der Waals surface area contributed by atoms with E-state index in [0.29, 0.717) is 11.2 Å². The lowest BCUT2D eigenvalue weighted by Crippen LogP contribution is -2.35. The number of halogens is 1. The number of aromatic nitrogens is 8. The molecule has 44 heavy (non-hydrogen) atoms. The van der Waals surface area contributed by atoms with Crippen LogP contribution < -0.4 is 17.0 Å². The van der Waals surface area contributed by atoms with Gasteiger partial charge < -0.3 is 45.3 Å². The Hall–Kier alpha value is -3.24. The first-order valence-electron chi connectivity index (χ1n) is 13.0. The molecule has 0 radical (unpaired) electrons. The average Bonchev–Trinajstić information content (AvgIpc) is 3.68. The van der Waals surface area contributed by atoms with Gasteiger partial charge in [-0.05, 0) is 18.7 Å². The van der Waals surface area contributed by atoms with Crippen molar-refractivity contribution >= 4 is 52.6 Å². The van der Waals surface area contributed by atoms with Crippen LogP contribution in [0.5, 0.6) is 0 Å². The smallest absolute Gasteiger partial charge is 0.325 e. The van der Waals surface area contributed by atoms with Crippen LogP contribution in [0, 0.1) is 0 Å². The minimum Gasteiger partial charge on any atom is -0.394 e. The van der Waals surface area contributed by atoms with E-state index < -0.39 is 68.5 Å². The molecule has 0 amide bonds. The Morgan fingerprint density at radius 2 is 1.95 bits per heavy atom. The van der Waals surface area contributed by atoms with Crippen LogP contribution in [0.1, 0.15) is 19.4 Å². The predicted octanol–water partition coefficient (Wildman–Crippen LogP) is -1.12. The van der Waals surface area contributed by atoms with Crippen molar-refractivity contribution in [1.82, 2.24) is 39.0 Å². The molecule has 0 saturated carbocycles. The molecule has 5 heterocycles. The van der Waals surface area contributed by atoms with Crippen molar-refractivity contribution in [3.63, 3.8) is 0 Å². The number of nitrogens with two attached hydrogens (primary N) is 2. The lowest BCUT2D eigenvalue weighted by molar-refractivity contribution is -0.142. The lowest BCUT2D eigenvalue weighted by atomic mass is 10.1. The molecule has 2 unspecified atom stereocenters. The van der Waals surface area contributed by atoms with Crippen LogP contribution in [0.15, 0.2) is 23.8 Å². The molecule has 8 atom stereocenters. The molecular weight excluding hydrogens is 630 g/mol. The number of imidazole rings is 2. The summed E-state index contributed by atoms with van der Waals surface area (Å²) >= 11 is 5.17. The third-order valence-electron chi connectivity index (χ3n) is 6.73. The van der Waals surface area contributed by atoms with E-state index in [1.807, 2.05) is 0 Å². The molecule has 0 bridgehead atoms. The zero-order chi connectivity index (χ0) is 31.8. The van der Waals surface area contributed by atoms with Gasteiger partial charge in [-0.2, -0.15) is 4.98 Å². The zero-order valence-corrected chi connectivity index (χ0v) is 24.9. The zero-order valence-electron chi connectivity index (χ0n) is 23.2. The van der Waals surface area contributed by atoms with E-state index in [4.69, 9.17) is 46.5 Å². The molecule has 4 aromatic heterocycles. The van der Waals surface area contributed by atoms with Crippen LogP contribution in [0.25, 0.3) is 22.3 Å². The van der Waals surface area contributed by atoms with E-state index in [9.17, 15) is 19.9 Å². The number of aliphatic hydroxyl groups excluding tert-OH is 2. The highest BCUT2D eigenvalue weighted by Gasteiger charge is 2.49. The molecule has 22 heteroatoms. The van der Waals surface area contributed by atoms with E-state index in [1.54, 1.807) is 6.92 Å². The van der Waals surface area contributed by atoms with Gasteiger partial charge in [0, 0.05) is 7.11 Å². The Labute approximate surface area is 252 Å². The number of fused-ring (bicyclic) bond motifs is 2. The minimum absolute atomic E-state index is 0.0495. The van der Waals surface area contributed by atoms with Gasteiger partial charge in [-0.25, -0.2) is 24.3 Å². The summed E-state index contributed by atoms with van der Waals surface area (Å²) in [6.07, 6.45) is -5.24. The van der Waals surface area contributed by atoms with Crippen LogP contribution >= 0.6 is 6.72 Å². The van der Waals surface area contributed by atoms with Gasteiger partial charge in [0.25, 0.3) is 5.56 Å². The molecule has 8 N–H and O–H groups in total. The maximum absolute atomic E-state index is 15.4. The number of nitrogens with one attached hydrogen (secondary N) is 1. The lowest BCUT2D eigenvalue weighted by Gasteiger charge is -2.30. The number of hydrogen-bond donors (Lipinski definition) is 6. The maximum atomic E-state index is 15.4. The summed E-state index contributed by atoms with van der Waals surface area (Å²) < 4.78 is 46.2. The number of rotatable bonds is 13. The fourth-order valence-corrected chi connectivity index (χ4v) is 6.11. The molecule has 1 aliphatic rings. The van der Waals surface area contributed by atoms with Gasteiger partial charge in [0.1, 0.15) is 30.2 Å². The average molecular weight is 661 g/mol. The van der Waals surface area contributed by atoms with E-state index in [2.05, 4.69) is 29.9 Å². The standard InChI is InChI=1S/C22H30FN10O9PS/c1-9(40-20(11(4-35)38-2)32-7-28-13-16(24)26-6-27-17(13)32)5-39-43(37,44)42-15-12(23)10(3-34)41-21(15)33-8-29-14-18(33)30-22(25)31-19(14)36/h6-12,15,20-21,34-35H,3-5H2,1-2H3,(H,37,44)(H2,24,26,27)(H3,25,30,31,36)/t9?,10-,11-,12+,15-,20-,21-,43?/m1/s1. The molecule has 4 aromatic rings. The molecule has 0 aliphatic carbocycles. The Balaban J connectivity index is 1.32. The molecule has 5 rings (SSSR count). The highest BCUT2D eigenvalue weighted by atomic mass is 32.5. The molecular formula is C22H30FN10O9PS. The largest absolute Gasteiger partial charge is 0.394 e. The van der Waals surface area contributed by atoms with Crippen LogP contribution in [0.4, 0.5) is 16.2 Å². The normalized spacial score (nSPS) is 24.0. The number of nitrogen functional groups attached to an aromatic ring is 2. The van der Waals surface area contributed by atoms with Crippen molar-refractivity contribution in [3.05, 3.63) is 29.3 Å². The Morgan fingerprint density at radius 3 is 2.66 bits per heavy atom. The third kappa shape index (κ3) is 6.29. The van der Waals surface area contributed by atoms with Crippen LogP contribution in [0.3, 0.4) is 0 Å². The van der Waals surface area contributed by atoms with Gasteiger partial charge >= 0.3 is 6.72 Å². The number of aromatic amines is 1. The molecule has 1 saturated heterocycles. The van der Waals surface area contributed by atoms with Crippen molar-refractivity contribution in [2.45, 2.75) is 50.0 Å². The van der Waals surface area contributed by atoms with Crippen molar-refractivity contribution < 1.29 is 42.8 Å². The summed E-state index contributed by atoms with van der Waals surface area (Å²) in [6.45, 7) is -4.15. The third-order valence-corrected chi connectivity index (χ3v) is 8.29. The fourth-order valence-electron chi connectivity index (χ4n) is 4.64. The second-order valence-corrected chi connectivity index (χ2v) is 12.5. The van der Waals surface area contributed by atoms with Crippen LogP contribution in [-0.2, 0) is 35.1 Å². The first kappa shape index (κ1) is 32.2. The topological polar surface area (TPSA) is 266 Å². The number of alkyl halides is 1. The minimum atomic E-state index is -4.21. The summed E-state index contributed by atoms with van der Waals surface area (Å²) in [5.74, 6) is -0.0897. The first-order valence-corrected chi connectivity index (χ1v) is 15.6. The van der Waals surface area contributed by atoms with Gasteiger partial charge in [-0.1, -0.05) is 0 Å². The van der Waals surface area contributed by atoms with E-state index in [0.717, 1.165) is 6.33 Å².